The molecule has 103 heavy (non-hydrogen) atoms. The first kappa shape index (κ1) is 81.0. The molecule has 563 valence electrons. The van der Waals surface area contributed by atoms with Gasteiger partial charge >= 0.3 is 13.8 Å². The summed E-state index contributed by atoms with van der Waals surface area (Å²) in [7, 11) is -5.11. The number of aliphatic imine (C=N–C) groups is 1. The van der Waals surface area contributed by atoms with Crippen molar-refractivity contribution < 1.29 is 97.9 Å². The van der Waals surface area contributed by atoms with Crippen molar-refractivity contribution in [2.75, 3.05) is 6.61 Å². The van der Waals surface area contributed by atoms with Crippen LogP contribution < -0.4 is 44.0 Å². The molecule has 7 amide bonds. The van der Waals surface area contributed by atoms with Crippen molar-refractivity contribution in [3.63, 3.8) is 0 Å². The van der Waals surface area contributed by atoms with Gasteiger partial charge in [-0.3, -0.25) is 48.5 Å². The van der Waals surface area contributed by atoms with Gasteiger partial charge < -0.3 is 91.2 Å². The number of esters is 1. The summed E-state index contributed by atoms with van der Waals surface area (Å²) < 4.78 is 36.9. The van der Waals surface area contributed by atoms with Gasteiger partial charge in [0, 0.05) is 67.9 Å². The number of hydrogen-bond donors (Lipinski definition) is 9. The molecule has 15 N–H and O–H groups in total. The minimum Gasteiger partial charge on any atom is -0.685 e. The number of fused-ring (bicyclic) bond motifs is 11. The Morgan fingerprint density at radius 3 is 2.05 bits per heavy atom. The van der Waals surface area contributed by atoms with E-state index in [1.165, 1.54) is 13.3 Å². The number of nitrogens with two attached hydrogens (primary N) is 6. The first-order valence-corrected chi connectivity index (χ1v) is 35.7. The molecular weight excluding hydrogens is 1390 g/mol. The molecule has 29 nitrogen and oxygen atoms in total. The van der Waals surface area contributed by atoms with Gasteiger partial charge in [-0.1, -0.05) is 47.6 Å². The summed E-state index contributed by atoms with van der Waals surface area (Å²) in [4.78, 5) is 124. The Hall–Kier alpha value is -7.66. The number of benzene rings is 2. The molecule has 8 bridgehead atoms. The second-order valence-corrected chi connectivity index (χ2v) is 31.3. The third-order valence-electron chi connectivity index (χ3n) is 22.8. The topological polar surface area (TPSA) is 494 Å². The van der Waals surface area contributed by atoms with E-state index in [2.05, 4.69) is 15.9 Å². The number of aryl methyl sites for hydroxylation is 2. The average Bonchev–Trinajstić information content (AvgIpc) is 1.53. The van der Waals surface area contributed by atoms with Crippen LogP contribution in [0.5, 0.6) is 0 Å². The van der Waals surface area contributed by atoms with E-state index in [1.807, 2.05) is 87.4 Å². The molecule has 3 aromatic rings. The van der Waals surface area contributed by atoms with Gasteiger partial charge in [0.2, 0.25) is 41.4 Å². The monoisotopic (exact) mass is 1490 g/mol. The van der Waals surface area contributed by atoms with E-state index in [9.17, 15) is 58.0 Å². The van der Waals surface area contributed by atoms with Crippen molar-refractivity contribution in [1.82, 2.24) is 4.98 Å². The number of amides is 7. The third-order valence-corrected chi connectivity index (χ3v) is 24.0. The van der Waals surface area contributed by atoms with Crippen molar-refractivity contribution >= 4 is 72.4 Å². The molecule has 1 radical (unpaired) electrons. The number of carbonyl (C=O) groups is 8. The number of primary amides is 6. The second-order valence-electron chi connectivity index (χ2n) is 29.9. The largest absolute Gasteiger partial charge is 0.685 e. The van der Waals surface area contributed by atoms with Crippen LogP contribution in [0.15, 0.2) is 76.0 Å². The maximum atomic E-state index is 14.3. The van der Waals surface area contributed by atoms with Crippen molar-refractivity contribution in [2.45, 2.75) is 214 Å². The first-order valence-electron chi connectivity index (χ1n) is 34.2. The summed E-state index contributed by atoms with van der Waals surface area (Å²) in [6.45, 7) is 19.9. The standard InChI is InChI=1S/C62H90N13O14P.C10H5O2.Co/c1-29-20-39-40(21-30(29)2)75(28-70-39)57-52(84)53(41(27-76)87-57)89-90(85,86)88-31(3)26-69-49(83)18-19-59(8)37(22-46(66)80)56-62(11)61(10,25-48(68)82)36(14-17-45(65)79)51(74-62)33(5)55-60(9,24-47(67)81)34(12-15-43(63)77)38(71-55)23-42-58(6,7)35(13-16-44(64)78)50(72-42)32(4)54(59)73-56;1-2-7-3-4-9-8(5-7)6-12-10(9)11;/h20-21,23,26,28,31,34-37,41-42,50-53,56-57,76,84H,12-19,22,24-25,27H2,1-11H3,(H13,63,64,65,66,67,68,77,78,79,80,81,82,85,86);3-5H,6H2;/q-4;-1;/b38-23-,54-32-,55-33-,69-26?;;/t31-,34-,35-,36-,37+,41-,42?,50?,51+,52-,53-,56-,57+,59-,60+,61+,62+;;/m1../s1. The quantitative estimate of drug-likeness (QED) is 0.0123. The van der Waals surface area contributed by atoms with Crippen LogP contribution in [0.4, 0.5) is 0 Å². The van der Waals surface area contributed by atoms with Crippen LogP contribution in [-0.4, -0.2) is 129 Å². The molecule has 0 spiro atoms. The van der Waals surface area contributed by atoms with Crippen LogP contribution in [0.25, 0.3) is 32.3 Å². The predicted octanol–water partition coefficient (Wildman–Crippen LogP) is 5.67. The van der Waals surface area contributed by atoms with Gasteiger partial charge in [0.05, 0.1) is 29.5 Å². The molecule has 1 aromatic heterocycles. The van der Waals surface area contributed by atoms with Crippen molar-refractivity contribution in [2.24, 2.45) is 84.7 Å². The number of rotatable bonds is 25. The van der Waals surface area contributed by atoms with Crippen LogP contribution in [0.3, 0.4) is 0 Å². The molecule has 7 aliphatic rings. The predicted molar refractivity (Wildman–Crippen MR) is 373 cm³/mol. The summed E-state index contributed by atoms with van der Waals surface area (Å²) in [5.74, 6) is -5.21. The number of carbonyl (C=O) groups excluding carboxylic acids is 8. The molecule has 0 aliphatic carbocycles. The Morgan fingerprint density at radius 2 is 1.44 bits per heavy atom. The van der Waals surface area contributed by atoms with Gasteiger partial charge in [0.1, 0.15) is 31.0 Å². The molecule has 5 saturated heterocycles. The summed E-state index contributed by atoms with van der Waals surface area (Å²) >= 11 is 0. The average molecular weight is 1490 g/mol. The summed E-state index contributed by atoms with van der Waals surface area (Å²) in [6, 6.07) is 5.56. The van der Waals surface area contributed by atoms with Crippen molar-refractivity contribution in [1.29, 1.82) is 0 Å². The Kier molecular flexibility index (Phi) is 24.5. The fourth-order valence-electron chi connectivity index (χ4n) is 17.2. The van der Waals surface area contributed by atoms with Crippen LogP contribution in [0, 0.1) is 71.5 Å². The third kappa shape index (κ3) is 16.1. The normalized spacial score (nSPS) is 33.8. The van der Waals surface area contributed by atoms with Crippen LogP contribution >= 0.6 is 7.82 Å². The molecule has 3 unspecified atom stereocenters. The smallest absolute Gasteiger partial charge is 0.473 e. The number of imidazole rings is 1. The number of cyclic esters (lactones) is 1. The SMILES string of the molecule is C/C1=C2/[N-][C@H]([C@H](CC(N)=O)[C@@]2(C)CCC(=O)N=C[C@@H](C)OP(=O)(O)O[C@H]2[C@@H](O)[C@@H]([n+]3c[n-]c4cc(C)c(C)cc43)O[C@@H]2CO)[C@]2(C)[N-][C@@H](/C(C)=C3\[N-]/C(=C\C4[N-]C1[C@@H](CCC(N)=O)C4(C)C)[C@@H](CCC(N)=O)[C@]3(C)CC(N)=O)[C@@H](CCC(N)=O)[C@]2(C)CC(N)=O.[C-]#Cc1ccc2c(c1)COC2=O.[Co]. The molecule has 8 heterocycles. The Morgan fingerprint density at radius 1 is 0.816 bits per heavy atom. The number of phosphoric acid groups is 1. The Bertz CT molecular complexity index is 4090. The maximum Gasteiger partial charge on any atom is 0.473 e. The zero-order valence-electron chi connectivity index (χ0n) is 59.8. The summed E-state index contributed by atoms with van der Waals surface area (Å²) in [5, 5.41) is 44.1. The van der Waals surface area contributed by atoms with E-state index < -0.39 is 161 Å². The molecule has 18 atom stereocenters. The number of allylic oxidation sites excluding steroid dienone is 3. The molecule has 0 saturated carbocycles. The second kappa shape index (κ2) is 31.2. The number of aliphatic hydroxyl groups is 2. The van der Waals surface area contributed by atoms with Gasteiger partial charge in [-0.2, -0.15) is 17.1 Å². The maximum absolute atomic E-state index is 14.3. The van der Waals surface area contributed by atoms with E-state index in [4.69, 9.17) is 80.6 Å². The number of aliphatic hydroxyl groups excluding tert-OH is 2. The van der Waals surface area contributed by atoms with E-state index in [-0.39, 0.29) is 93.4 Å². The van der Waals surface area contributed by atoms with Crippen LogP contribution in [-0.2, 0) is 80.0 Å². The number of phosphoric ester groups is 1. The Labute approximate surface area is 609 Å². The summed E-state index contributed by atoms with van der Waals surface area (Å²) in [5.41, 5.74) is 38.1. The molecule has 5 fully saturated rings. The van der Waals surface area contributed by atoms with E-state index in [0.29, 0.717) is 57.0 Å². The van der Waals surface area contributed by atoms with E-state index in [0.717, 1.165) is 22.9 Å². The first-order chi connectivity index (χ1) is 47.6. The number of ether oxygens (including phenoxy) is 2. The minimum absolute atomic E-state index is 0. The molecule has 31 heteroatoms. The zero-order valence-corrected chi connectivity index (χ0v) is 61.8. The van der Waals surface area contributed by atoms with Gasteiger partial charge in [-0.25, -0.2) is 19.3 Å². The molecule has 7 aliphatic heterocycles. The van der Waals surface area contributed by atoms with Gasteiger partial charge in [0.25, 0.3) is 0 Å². The van der Waals surface area contributed by atoms with E-state index in [1.54, 1.807) is 22.8 Å². The minimum atomic E-state index is -5.11. The number of hydrogen-bond acceptors (Lipinski definition) is 15. The van der Waals surface area contributed by atoms with E-state index >= 15 is 0 Å². The van der Waals surface area contributed by atoms with Crippen molar-refractivity contribution in [3.05, 3.63) is 126 Å². The Balaban J connectivity index is 0.000000929. The summed E-state index contributed by atoms with van der Waals surface area (Å²) in [6.07, 6.45) is 3.43. The molecule has 10 rings (SSSR count). The fourth-order valence-corrected chi connectivity index (χ4v) is 18.3. The molecule has 2 aromatic carbocycles. The zero-order chi connectivity index (χ0) is 75.3. The van der Waals surface area contributed by atoms with Crippen LogP contribution in [0.1, 0.15) is 172 Å². The van der Waals surface area contributed by atoms with Gasteiger partial charge in [0.15, 0.2) is 6.23 Å². The number of aromatic nitrogens is 2. The number of nitrogens with zero attached hydrogens (tertiary/aromatic N) is 7. The van der Waals surface area contributed by atoms with Gasteiger partial charge in [-0.05, 0) is 134 Å². The van der Waals surface area contributed by atoms with Gasteiger partial charge in [-0.15, -0.1) is 64.6 Å². The molecular formula is C72H95CoN13O16P-5. The fraction of sp³-hybridized carbons (Fsp3) is 0.583. The van der Waals surface area contributed by atoms with Crippen LogP contribution in [0.2, 0.25) is 0 Å². The van der Waals surface area contributed by atoms with Crippen molar-refractivity contribution in [3.8, 4) is 5.92 Å².